The molecule has 0 radical (unpaired) electrons. The Hall–Kier alpha value is -2.17. The first-order valence-corrected chi connectivity index (χ1v) is 5.78. The van der Waals surface area contributed by atoms with Gasteiger partial charge in [-0.05, 0) is 24.6 Å². The second-order valence-corrected chi connectivity index (χ2v) is 4.31. The van der Waals surface area contributed by atoms with Crippen LogP contribution in [0, 0.1) is 12.7 Å². The molecule has 0 heterocycles. The molecule has 0 saturated carbocycles. The molecular weight excluding hydrogens is 272 g/mol. The van der Waals surface area contributed by atoms with E-state index in [1.807, 2.05) is 0 Å². The molecule has 2 aromatic rings. The van der Waals surface area contributed by atoms with Crippen LogP contribution in [-0.4, -0.2) is 5.78 Å². The number of rotatable bonds is 2. The summed E-state index contributed by atoms with van der Waals surface area (Å²) in [6, 6.07) is 9.05. The number of hydrogen-bond acceptors (Lipinski definition) is 1. The molecule has 0 aliphatic rings. The maximum Gasteiger partial charge on any atom is 0.419 e. The van der Waals surface area contributed by atoms with Crippen molar-refractivity contribution in [2.24, 2.45) is 0 Å². The minimum atomic E-state index is -4.83. The zero-order valence-electron chi connectivity index (χ0n) is 10.5. The average Bonchev–Trinajstić information content (AvgIpc) is 2.37. The van der Waals surface area contributed by atoms with Gasteiger partial charge < -0.3 is 0 Å². The Morgan fingerprint density at radius 2 is 1.55 bits per heavy atom. The van der Waals surface area contributed by atoms with Crippen LogP contribution in [0.2, 0.25) is 0 Å². The van der Waals surface area contributed by atoms with Crippen molar-refractivity contribution >= 4 is 5.78 Å². The number of hydrogen-bond donors (Lipinski definition) is 0. The van der Waals surface area contributed by atoms with Gasteiger partial charge in [-0.25, -0.2) is 4.39 Å². The van der Waals surface area contributed by atoms with Crippen LogP contribution >= 0.6 is 0 Å². The fourth-order valence-corrected chi connectivity index (χ4v) is 1.90. The zero-order valence-corrected chi connectivity index (χ0v) is 10.5. The molecule has 0 unspecified atom stereocenters. The van der Waals surface area contributed by atoms with Crippen LogP contribution in [0.4, 0.5) is 17.6 Å². The largest absolute Gasteiger partial charge is 0.419 e. The van der Waals surface area contributed by atoms with E-state index < -0.39 is 28.9 Å². The normalized spacial score (nSPS) is 11.4. The summed E-state index contributed by atoms with van der Waals surface area (Å²) >= 11 is 0. The standard InChI is InChI=1S/C15H10F4O/c1-9-5-2-3-6-10(9)14(20)11-7-4-8-12(13(11)16)15(17,18)19/h2-8H,1H3. The fraction of sp³-hybridized carbons (Fsp3) is 0.133. The van der Waals surface area contributed by atoms with Gasteiger partial charge in [0.2, 0.25) is 0 Å². The van der Waals surface area contributed by atoms with Crippen LogP contribution < -0.4 is 0 Å². The van der Waals surface area contributed by atoms with E-state index in [1.54, 1.807) is 25.1 Å². The third-order valence-corrected chi connectivity index (χ3v) is 2.94. The maximum absolute atomic E-state index is 13.9. The molecule has 2 rings (SSSR count). The summed E-state index contributed by atoms with van der Waals surface area (Å²) in [7, 11) is 0. The quantitative estimate of drug-likeness (QED) is 0.590. The Balaban J connectivity index is 2.55. The summed E-state index contributed by atoms with van der Waals surface area (Å²) in [5.74, 6) is -2.29. The van der Waals surface area contributed by atoms with Gasteiger partial charge in [0.25, 0.3) is 0 Å². The van der Waals surface area contributed by atoms with Gasteiger partial charge in [0, 0.05) is 5.56 Å². The van der Waals surface area contributed by atoms with Crippen LogP contribution in [0.1, 0.15) is 27.0 Å². The van der Waals surface area contributed by atoms with Crippen LogP contribution in [0.5, 0.6) is 0 Å². The molecule has 0 saturated heterocycles. The van der Waals surface area contributed by atoms with Crippen molar-refractivity contribution in [1.29, 1.82) is 0 Å². The van der Waals surface area contributed by atoms with Crippen LogP contribution in [0.3, 0.4) is 0 Å². The molecule has 0 N–H and O–H groups in total. The van der Waals surface area contributed by atoms with Gasteiger partial charge in [0.05, 0.1) is 11.1 Å². The predicted octanol–water partition coefficient (Wildman–Crippen LogP) is 4.38. The SMILES string of the molecule is Cc1ccccc1C(=O)c1cccc(C(F)(F)F)c1F. The molecule has 104 valence electrons. The van der Waals surface area contributed by atoms with Crippen molar-refractivity contribution in [3.05, 3.63) is 70.5 Å². The fourth-order valence-electron chi connectivity index (χ4n) is 1.90. The van der Waals surface area contributed by atoms with Crippen molar-refractivity contribution in [2.45, 2.75) is 13.1 Å². The molecule has 2 aromatic carbocycles. The highest BCUT2D eigenvalue weighted by Gasteiger charge is 2.35. The van der Waals surface area contributed by atoms with E-state index in [0.29, 0.717) is 11.6 Å². The van der Waals surface area contributed by atoms with Crippen LogP contribution in [0.15, 0.2) is 42.5 Å². The van der Waals surface area contributed by atoms with Gasteiger partial charge in [0.1, 0.15) is 5.82 Å². The summed E-state index contributed by atoms with van der Waals surface area (Å²) in [6.45, 7) is 1.64. The summed E-state index contributed by atoms with van der Waals surface area (Å²) < 4.78 is 51.8. The lowest BCUT2D eigenvalue weighted by Gasteiger charge is -2.11. The first-order chi connectivity index (χ1) is 9.32. The third kappa shape index (κ3) is 2.57. The monoisotopic (exact) mass is 282 g/mol. The zero-order chi connectivity index (χ0) is 14.9. The molecule has 0 bridgehead atoms. The second-order valence-electron chi connectivity index (χ2n) is 4.31. The number of carbonyl (C=O) groups excluding carboxylic acids is 1. The van der Waals surface area contributed by atoms with Gasteiger partial charge in [-0.15, -0.1) is 0 Å². The van der Waals surface area contributed by atoms with E-state index >= 15 is 0 Å². The van der Waals surface area contributed by atoms with Crippen molar-refractivity contribution in [2.75, 3.05) is 0 Å². The number of carbonyl (C=O) groups is 1. The second kappa shape index (κ2) is 5.07. The molecule has 0 aliphatic heterocycles. The Labute approximate surface area is 112 Å². The number of benzene rings is 2. The molecule has 0 amide bonds. The predicted molar refractivity (Wildman–Crippen MR) is 66.0 cm³/mol. The topological polar surface area (TPSA) is 17.1 Å². The third-order valence-electron chi connectivity index (χ3n) is 2.94. The van der Waals surface area contributed by atoms with Gasteiger partial charge >= 0.3 is 6.18 Å². The van der Waals surface area contributed by atoms with Crippen LogP contribution in [-0.2, 0) is 6.18 Å². The van der Waals surface area contributed by atoms with Crippen molar-refractivity contribution in [1.82, 2.24) is 0 Å². The number of halogens is 4. The lowest BCUT2D eigenvalue weighted by Crippen LogP contribution is -2.13. The van der Waals surface area contributed by atoms with Crippen molar-refractivity contribution in [3.63, 3.8) is 0 Å². The molecule has 0 fully saturated rings. The molecule has 0 aliphatic carbocycles. The van der Waals surface area contributed by atoms with Crippen LogP contribution in [0.25, 0.3) is 0 Å². The van der Waals surface area contributed by atoms with E-state index in [0.717, 1.165) is 12.1 Å². The first-order valence-electron chi connectivity index (χ1n) is 5.78. The van der Waals surface area contributed by atoms with Crippen molar-refractivity contribution in [3.8, 4) is 0 Å². The summed E-state index contributed by atoms with van der Waals surface area (Å²) in [4.78, 5) is 12.2. The molecule has 20 heavy (non-hydrogen) atoms. The average molecular weight is 282 g/mol. The van der Waals surface area contributed by atoms with E-state index in [1.165, 1.54) is 6.07 Å². The first kappa shape index (κ1) is 14.2. The lowest BCUT2D eigenvalue weighted by atomic mass is 9.97. The van der Waals surface area contributed by atoms with Gasteiger partial charge in [0.15, 0.2) is 5.78 Å². The van der Waals surface area contributed by atoms with E-state index in [-0.39, 0.29) is 5.56 Å². The smallest absolute Gasteiger partial charge is 0.288 e. The highest BCUT2D eigenvalue weighted by atomic mass is 19.4. The Morgan fingerprint density at radius 1 is 0.950 bits per heavy atom. The number of alkyl halides is 3. The summed E-state index contributed by atoms with van der Waals surface area (Å²) in [5, 5.41) is 0. The molecule has 5 heteroatoms. The summed E-state index contributed by atoms with van der Waals surface area (Å²) in [5.41, 5.74) is -1.24. The Bertz CT molecular complexity index is 659. The number of aryl methyl sites for hydroxylation is 1. The van der Waals surface area contributed by atoms with Gasteiger partial charge in [-0.1, -0.05) is 30.3 Å². The molecule has 0 spiro atoms. The minimum absolute atomic E-state index is 0.186. The Morgan fingerprint density at radius 3 is 2.15 bits per heavy atom. The number of ketones is 1. The van der Waals surface area contributed by atoms with Gasteiger partial charge in [-0.2, -0.15) is 13.2 Å². The van der Waals surface area contributed by atoms with Gasteiger partial charge in [-0.3, -0.25) is 4.79 Å². The minimum Gasteiger partial charge on any atom is -0.288 e. The molecule has 0 atom stereocenters. The Kier molecular flexibility index (Phi) is 3.61. The molecule has 0 aromatic heterocycles. The molecular formula is C15H10F4O. The highest BCUT2D eigenvalue weighted by Crippen LogP contribution is 2.33. The van der Waals surface area contributed by atoms with E-state index in [2.05, 4.69) is 0 Å². The maximum atomic E-state index is 13.9. The highest BCUT2D eigenvalue weighted by molar-refractivity contribution is 6.10. The van der Waals surface area contributed by atoms with E-state index in [4.69, 9.17) is 0 Å². The lowest BCUT2D eigenvalue weighted by molar-refractivity contribution is -0.140. The van der Waals surface area contributed by atoms with E-state index in [9.17, 15) is 22.4 Å². The van der Waals surface area contributed by atoms with Crippen molar-refractivity contribution < 1.29 is 22.4 Å². The summed E-state index contributed by atoms with van der Waals surface area (Å²) in [6.07, 6.45) is -4.83. The molecule has 1 nitrogen and oxygen atoms in total.